The molecule has 0 aliphatic carbocycles. The first kappa shape index (κ1) is 13.4. The Bertz CT molecular complexity index is 454. The third-order valence-corrected chi connectivity index (χ3v) is 3.28. The lowest BCUT2D eigenvalue weighted by Crippen LogP contribution is -2.49. The fraction of sp³-hybridized carbons (Fsp3) is 0.429. The van der Waals surface area contributed by atoms with Crippen molar-refractivity contribution in [2.75, 3.05) is 38.0 Å². The van der Waals surface area contributed by atoms with Crippen molar-refractivity contribution in [1.29, 1.82) is 0 Å². The van der Waals surface area contributed by atoms with Crippen molar-refractivity contribution in [3.8, 4) is 0 Å². The molecule has 1 saturated heterocycles. The number of piperazine rings is 1. The maximum Gasteiger partial charge on any atom is 0.241 e. The summed E-state index contributed by atoms with van der Waals surface area (Å²) in [5.41, 5.74) is 2.12. The molecule has 1 aromatic carbocycles. The van der Waals surface area contributed by atoms with Crippen LogP contribution in [0.5, 0.6) is 0 Å². The van der Waals surface area contributed by atoms with Crippen molar-refractivity contribution in [2.45, 2.75) is 6.92 Å². The number of carbonyl (C=O) groups is 2. The molecule has 1 heterocycles. The number of anilines is 1. The van der Waals surface area contributed by atoms with Gasteiger partial charge in [0.15, 0.2) is 0 Å². The summed E-state index contributed by atoms with van der Waals surface area (Å²) in [4.78, 5) is 26.1. The number of amides is 2. The molecular formula is C14H19N3O2. The van der Waals surface area contributed by atoms with E-state index < -0.39 is 0 Å². The third-order valence-electron chi connectivity index (χ3n) is 3.28. The Labute approximate surface area is 113 Å². The van der Waals surface area contributed by atoms with Crippen LogP contribution in [-0.4, -0.2) is 54.8 Å². The van der Waals surface area contributed by atoms with E-state index in [-0.39, 0.29) is 5.91 Å². The number of carbonyl (C=O) groups excluding carboxylic acids is 2. The van der Waals surface area contributed by atoms with Crippen LogP contribution in [0.2, 0.25) is 0 Å². The van der Waals surface area contributed by atoms with E-state index in [0.29, 0.717) is 32.7 Å². The van der Waals surface area contributed by atoms with E-state index >= 15 is 0 Å². The summed E-state index contributed by atoms with van der Waals surface area (Å²) in [5.74, 6) is 0.0760. The molecule has 102 valence electrons. The number of benzene rings is 1. The monoisotopic (exact) mass is 261 g/mol. The molecule has 5 nitrogen and oxygen atoms in total. The quantitative estimate of drug-likeness (QED) is 0.812. The molecule has 1 aromatic rings. The summed E-state index contributed by atoms with van der Waals surface area (Å²) in [5, 5.41) is 3.13. The van der Waals surface area contributed by atoms with E-state index in [1.807, 2.05) is 31.2 Å². The fourth-order valence-electron chi connectivity index (χ4n) is 2.12. The van der Waals surface area contributed by atoms with Crippen LogP contribution in [-0.2, 0) is 9.59 Å². The SMILES string of the molecule is Cc1cccc(NCC(=O)N2CCN(C=O)CC2)c1. The van der Waals surface area contributed by atoms with Crippen LogP contribution in [0, 0.1) is 6.92 Å². The van der Waals surface area contributed by atoms with Crippen molar-refractivity contribution in [2.24, 2.45) is 0 Å². The van der Waals surface area contributed by atoms with Crippen molar-refractivity contribution >= 4 is 18.0 Å². The zero-order valence-electron chi connectivity index (χ0n) is 11.1. The van der Waals surface area contributed by atoms with Crippen molar-refractivity contribution in [3.05, 3.63) is 29.8 Å². The minimum Gasteiger partial charge on any atom is -0.376 e. The first-order chi connectivity index (χ1) is 9.19. The van der Waals surface area contributed by atoms with Gasteiger partial charge in [0.25, 0.3) is 0 Å². The first-order valence-corrected chi connectivity index (χ1v) is 6.47. The Hall–Kier alpha value is -2.04. The first-order valence-electron chi connectivity index (χ1n) is 6.47. The molecule has 1 N–H and O–H groups in total. The number of nitrogens with zero attached hydrogens (tertiary/aromatic N) is 2. The molecule has 0 aromatic heterocycles. The van der Waals surface area contributed by atoms with Gasteiger partial charge in [0.1, 0.15) is 0 Å². The molecule has 0 radical (unpaired) electrons. The molecule has 0 atom stereocenters. The van der Waals surface area contributed by atoms with Crippen LogP contribution in [0.3, 0.4) is 0 Å². The fourth-order valence-corrected chi connectivity index (χ4v) is 2.12. The minimum atomic E-state index is 0.0760. The van der Waals surface area contributed by atoms with Gasteiger partial charge in [0.05, 0.1) is 6.54 Å². The normalized spacial score (nSPS) is 15.2. The molecule has 1 aliphatic heterocycles. The van der Waals surface area contributed by atoms with E-state index in [1.54, 1.807) is 9.80 Å². The Kier molecular flexibility index (Phi) is 4.39. The molecule has 0 saturated carbocycles. The summed E-state index contributed by atoms with van der Waals surface area (Å²) in [7, 11) is 0. The minimum absolute atomic E-state index is 0.0760. The van der Waals surface area contributed by atoms with Gasteiger partial charge in [-0.05, 0) is 24.6 Å². The predicted octanol–water partition coefficient (Wildman–Crippen LogP) is 0.708. The zero-order valence-corrected chi connectivity index (χ0v) is 11.1. The number of aryl methyl sites for hydroxylation is 1. The van der Waals surface area contributed by atoms with Gasteiger partial charge in [-0.15, -0.1) is 0 Å². The molecule has 0 unspecified atom stereocenters. The Morgan fingerprint density at radius 1 is 1.32 bits per heavy atom. The highest BCUT2D eigenvalue weighted by atomic mass is 16.2. The number of hydrogen-bond donors (Lipinski definition) is 1. The van der Waals surface area contributed by atoms with E-state index in [4.69, 9.17) is 0 Å². The van der Waals surface area contributed by atoms with Gasteiger partial charge in [-0.1, -0.05) is 12.1 Å². The maximum atomic E-state index is 12.0. The van der Waals surface area contributed by atoms with Crippen LogP contribution in [0.25, 0.3) is 0 Å². The average Bonchev–Trinajstić information content (AvgIpc) is 2.45. The van der Waals surface area contributed by atoms with Gasteiger partial charge in [-0.2, -0.15) is 0 Å². The summed E-state index contributed by atoms with van der Waals surface area (Å²) in [6.45, 7) is 4.80. The number of rotatable bonds is 4. The van der Waals surface area contributed by atoms with E-state index in [2.05, 4.69) is 5.32 Å². The zero-order chi connectivity index (χ0) is 13.7. The summed E-state index contributed by atoms with van der Waals surface area (Å²) < 4.78 is 0. The second kappa shape index (κ2) is 6.22. The second-order valence-electron chi connectivity index (χ2n) is 4.75. The summed E-state index contributed by atoms with van der Waals surface area (Å²) in [6, 6.07) is 7.94. The smallest absolute Gasteiger partial charge is 0.241 e. The van der Waals surface area contributed by atoms with Crippen LogP contribution >= 0.6 is 0 Å². The van der Waals surface area contributed by atoms with Gasteiger partial charge < -0.3 is 15.1 Å². The van der Waals surface area contributed by atoms with Gasteiger partial charge in [0.2, 0.25) is 12.3 Å². The summed E-state index contributed by atoms with van der Waals surface area (Å²) >= 11 is 0. The highest BCUT2D eigenvalue weighted by Crippen LogP contribution is 2.09. The predicted molar refractivity (Wildman–Crippen MR) is 73.9 cm³/mol. The van der Waals surface area contributed by atoms with E-state index in [9.17, 15) is 9.59 Å². The largest absolute Gasteiger partial charge is 0.376 e. The molecule has 19 heavy (non-hydrogen) atoms. The van der Waals surface area contributed by atoms with E-state index in [0.717, 1.165) is 17.7 Å². The highest BCUT2D eigenvalue weighted by Gasteiger charge is 2.19. The van der Waals surface area contributed by atoms with Crippen LogP contribution in [0.15, 0.2) is 24.3 Å². The Morgan fingerprint density at radius 2 is 2.05 bits per heavy atom. The lowest BCUT2D eigenvalue weighted by molar-refractivity contribution is -0.133. The highest BCUT2D eigenvalue weighted by molar-refractivity contribution is 5.81. The van der Waals surface area contributed by atoms with Gasteiger partial charge >= 0.3 is 0 Å². The number of nitrogens with one attached hydrogen (secondary N) is 1. The van der Waals surface area contributed by atoms with Crippen molar-refractivity contribution in [1.82, 2.24) is 9.80 Å². The molecule has 0 spiro atoms. The molecular weight excluding hydrogens is 242 g/mol. The Morgan fingerprint density at radius 3 is 2.68 bits per heavy atom. The number of hydrogen-bond acceptors (Lipinski definition) is 3. The van der Waals surface area contributed by atoms with Crippen LogP contribution in [0.1, 0.15) is 5.56 Å². The molecule has 5 heteroatoms. The standard InChI is InChI=1S/C14H19N3O2/c1-12-3-2-4-13(9-12)15-10-14(19)17-7-5-16(11-18)6-8-17/h2-4,9,11,15H,5-8,10H2,1H3. The van der Waals surface area contributed by atoms with Crippen LogP contribution in [0.4, 0.5) is 5.69 Å². The van der Waals surface area contributed by atoms with Gasteiger partial charge in [-0.25, -0.2) is 0 Å². The van der Waals surface area contributed by atoms with Crippen molar-refractivity contribution in [3.63, 3.8) is 0 Å². The van der Waals surface area contributed by atoms with Gasteiger partial charge in [-0.3, -0.25) is 9.59 Å². The molecule has 1 aliphatic rings. The molecule has 0 bridgehead atoms. The van der Waals surface area contributed by atoms with E-state index in [1.165, 1.54) is 0 Å². The summed E-state index contributed by atoms with van der Waals surface area (Å²) in [6.07, 6.45) is 0.840. The molecule has 1 fully saturated rings. The lowest BCUT2D eigenvalue weighted by Gasteiger charge is -2.32. The second-order valence-corrected chi connectivity index (χ2v) is 4.75. The topological polar surface area (TPSA) is 52.7 Å². The molecule has 2 rings (SSSR count). The van der Waals surface area contributed by atoms with Gasteiger partial charge in [0, 0.05) is 31.9 Å². The third kappa shape index (κ3) is 3.71. The average molecular weight is 261 g/mol. The molecule has 2 amide bonds. The lowest BCUT2D eigenvalue weighted by atomic mass is 10.2. The van der Waals surface area contributed by atoms with Crippen LogP contribution < -0.4 is 5.32 Å². The maximum absolute atomic E-state index is 12.0. The van der Waals surface area contributed by atoms with Crippen molar-refractivity contribution < 1.29 is 9.59 Å². The Balaban J connectivity index is 1.80.